The molecule has 2 N–H and O–H groups in total. The molecule has 0 unspecified atom stereocenters. The van der Waals surface area contributed by atoms with Crippen LogP contribution in [-0.4, -0.2) is 41.8 Å². The molecule has 26 heavy (non-hydrogen) atoms. The van der Waals surface area contributed by atoms with Gasteiger partial charge in [0.05, 0.1) is 12.1 Å². The highest BCUT2D eigenvalue weighted by Gasteiger charge is 2.18. The molecular formula is C20H20FN3O2. The third kappa shape index (κ3) is 4.08. The number of likely N-dealkylation sites (N-methyl/N-ethyl adjacent to an activating group) is 1. The number of aromatic amines is 1. The first kappa shape index (κ1) is 17.7. The van der Waals surface area contributed by atoms with E-state index in [4.69, 9.17) is 0 Å². The number of hydrogen-bond donors (Lipinski definition) is 2. The van der Waals surface area contributed by atoms with Crippen molar-refractivity contribution in [2.24, 2.45) is 0 Å². The summed E-state index contributed by atoms with van der Waals surface area (Å²) in [5, 5.41) is 3.61. The Labute approximate surface area is 150 Å². The van der Waals surface area contributed by atoms with E-state index in [1.807, 2.05) is 24.3 Å². The SMILES string of the molecule is CN(CC(=O)NCCc1ccc(F)cc1)C(=O)c1c[nH]c2ccccc12. The van der Waals surface area contributed by atoms with Crippen LogP contribution in [0.5, 0.6) is 0 Å². The number of nitrogens with zero attached hydrogens (tertiary/aromatic N) is 1. The van der Waals surface area contributed by atoms with Crippen molar-refractivity contribution >= 4 is 22.7 Å². The Hall–Kier alpha value is -3.15. The zero-order chi connectivity index (χ0) is 18.5. The van der Waals surface area contributed by atoms with Crippen molar-refractivity contribution in [1.29, 1.82) is 0 Å². The van der Waals surface area contributed by atoms with Gasteiger partial charge in [-0.1, -0.05) is 30.3 Å². The van der Waals surface area contributed by atoms with E-state index in [9.17, 15) is 14.0 Å². The van der Waals surface area contributed by atoms with Gasteiger partial charge in [-0.3, -0.25) is 9.59 Å². The molecular weight excluding hydrogens is 333 g/mol. The molecule has 1 heterocycles. The lowest BCUT2D eigenvalue weighted by Gasteiger charge is -2.16. The van der Waals surface area contributed by atoms with E-state index in [0.29, 0.717) is 18.5 Å². The number of carbonyl (C=O) groups excluding carboxylic acids is 2. The van der Waals surface area contributed by atoms with E-state index in [2.05, 4.69) is 10.3 Å². The molecule has 134 valence electrons. The molecule has 0 radical (unpaired) electrons. The summed E-state index contributed by atoms with van der Waals surface area (Å²) in [7, 11) is 1.60. The van der Waals surface area contributed by atoms with Gasteiger partial charge in [-0.25, -0.2) is 4.39 Å². The molecule has 1 aromatic heterocycles. The first-order chi connectivity index (χ1) is 12.5. The fourth-order valence-corrected chi connectivity index (χ4v) is 2.79. The van der Waals surface area contributed by atoms with Gasteiger partial charge in [0, 0.05) is 30.7 Å². The predicted molar refractivity (Wildman–Crippen MR) is 98.4 cm³/mol. The van der Waals surface area contributed by atoms with Crippen LogP contribution in [-0.2, 0) is 11.2 Å². The molecule has 5 nitrogen and oxygen atoms in total. The molecule has 0 bridgehead atoms. The fraction of sp³-hybridized carbons (Fsp3) is 0.200. The number of H-pyrrole nitrogens is 1. The number of halogens is 1. The van der Waals surface area contributed by atoms with E-state index < -0.39 is 0 Å². The second-order valence-corrected chi connectivity index (χ2v) is 6.14. The Morgan fingerprint density at radius 3 is 2.62 bits per heavy atom. The third-order valence-corrected chi connectivity index (χ3v) is 4.20. The summed E-state index contributed by atoms with van der Waals surface area (Å²) in [6.45, 7) is 0.404. The van der Waals surface area contributed by atoms with Crippen LogP contribution in [0.2, 0.25) is 0 Å². The maximum atomic E-state index is 12.9. The molecule has 3 rings (SSSR count). The van der Waals surface area contributed by atoms with E-state index in [0.717, 1.165) is 16.5 Å². The summed E-state index contributed by atoms with van der Waals surface area (Å²) in [4.78, 5) is 29.1. The average Bonchev–Trinajstić information content (AvgIpc) is 3.06. The molecule has 0 aliphatic carbocycles. The molecule has 2 aromatic carbocycles. The second kappa shape index (κ2) is 7.82. The van der Waals surface area contributed by atoms with Crippen molar-refractivity contribution in [1.82, 2.24) is 15.2 Å². The number of nitrogens with one attached hydrogen (secondary N) is 2. The molecule has 0 saturated carbocycles. The van der Waals surface area contributed by atoms with E-state index in [1.165, 1.54) is 17.0 Å². The topological polar surface area (TPSA) is 65.2 Å². The van der Waals surface area contributed by atoms with Gasteiger partial charge in [0.2, 0.25) is 5.91 Å². The molecule has 6 heteroatoms. The van der Waals surface area contributed by atoms with Crippen molar-refractivity contribution in [2.45, 2.75) is 6.42 Å². The number of rotatable bonds is 6. The zero-order valence-electron chi connectivity index (χ0n) is 14.5. The second-order valence-electron chi connectivity index (χ2n) is 6.14. The van der Waals surface area contributed by atoms with Crippen molar-refractivity contribution in [3.63, 3.8) is 0 Å². The lowest BCUT2D eigenvalue weighted by Crippen LogP contribution is -2.39. The van der Waals surface area contributed by atoms with Crippen molar-refractivity contribution in [3.8, 4) is 0 Å². The molecule has 0 aliphatic rings. The van der Waals surface area contributed by atoms with Crippen LogP contribution in [0.25, 0.3) is 10.9 Å². The van der Waals surface area contributed by atoms with Gasteiger partial charge in [-0.05, 0) is 30.2 Å². The van der Waals surface area contributed by atoms with Gasteiger partial charge < -0.3 is 15.2 Å². The van der Waals surface area contributed by atoms with Crippen molar-refractivity contribution < 1.29 is 14.0 Å². The van der Waals surface area contributed by atoms with E-state index in [-0.39, 0.29) is 24.2 Å². The van der Waals surface area contributed by atoms with Crippen LogP contribution >= 0.6 is 0 Å². The lowest BCUT2D eigenvalue weighted by molar-refractivity contribution is -0.121. The summed E-state index contributed by atoms with van der Waals surface area (Å²) in [6, 6.07) is 13.7. The third-order valence-electron chi connectivity index (χ3n) is 4.20. The minimum Gasteiger partial charge on any atom is -0.360 e. The van der Waals surface area contributed by atoms with Crippen LogP contribution in [0.4, 0.5) is 4.39 Å². The largest absolute Gasteiger partial charge is 0.360 e. The van der Waals surface area contributed by atoms with E-state index in [1.54, 1.807) is 25.4 Å². The van der Waals surface area contributed by atoms with Crippen LogP contribution in [0, 0.1) is 5.82 Å². The first-order valence-corrected chi connectivity index (χ1v) is 8.37. The number of hydrogen-bond acceptors (Lipinski definition) is 2. The smallest absolute Gasteiger partial charge is 0.256 e. The van der Waals surface area contributed by atoms with Crippen molar-refractivity contribution in [3.05, 3.63) is 71.7 Å². The van der Waals surface area contributed by atoms with Gasteiger partial charge in [-0.15, -0.1) is 0 Å². The van der Waals surface area contributed by atoms with Crippen LogP contribution in [0.1, 0.15) is 15.9 Å². The highest BCUT2D eigenvalue weighted by atomic mass is 19.1. The number of benzene rings is 2. The molecule has 0 fully saturated rings. The summed E-state index contributed by atoms with van der Waals surface area (Å²) in [6.07, 6.45) is 2.27. The highest BCUT2D eigenvalue weighted by Crippen LogP contribution is 2.18. The standard InChI is InChI=1S/C20H20FN3O2/c1-24(20(26)17-12-23-18-5-3-2-4-16(17)18)13-19(25)22-11-10-14-6-8-15(21)9-7-14/h2-9,12,23H,10-11,13H2,1H3,(H,22,25). The number of para-hydroxylation sites is 1. The Balaban J connectivity index is 1.52. The van der Waals surface area contributed by atoms with Gasteiger partial charge in [-0.2, -0.15) is 0 Å². The maximum absolute atomic E-state index is 12.9. The number of fused-ring (bicyclic) bond motifs is 1. The van der Waals surface area contributed by atoms with Gasteiger partial charge in [0.25, 0.3) is 5.91 Å². The Bertz CT molecular complexity index is 918. The molecule has 0 atom stereocenters. The van der Waals surface area contributed by atoms with Crippen LogP contribution < -0.4 is 5.32 Å². The predicted octanol–water partition coefficient (Wildman–Crippen LogP) is 2.74. The molecule has 0 spiro atoms. The normalized spacial score (nSPS) is 10.7. The Kier molecular flexibility index (Phi) is 5.31. The first-order valence-electron chi connectivity index (χ1n) is 8.37. The molecule has 0 saturated heterocycles. The maximum Gasteiger partial charge on any atom is 0.256 e. The number of carbonyl (C=O) groups is 2. The summed E-state index contributed by atoms with van der Waals surface area (Å²) < 4.78 is 12.9. The summed E-state index contributed by atoms with van der Waals surface area (Å²) in [5.41, 5.74) is 2.37. The minimum atomic E-state index is -0.282. The van der Waals surface area contributed by atoms with Crippen LogP contribution in [0.15, 0.2) is 54.7 Å². The number of aromatic nitrogens is 1. The lowest BCUT2D eigenvalue weighted by atomic mass is 10.1. The van der Waals surface area contributed by atoms with Gasteiger partial charge >= 0.3 is 0 Å². The zero-order valence-corrected chi connectivity index (χ0v) is 14.5. The molecule has 0 aliphatic heterocycles. The molecule has 3 aromatic rings. The summed E-state index contributed by atoms with van der Waals surface area (Å²) >= 11 is 0. The highest BCUT2D eigenvalue weighted by molar-refractivity contribution is 6.07. The fourth-order valence-electron chi connectivity index (χ4n) is 2.79. The van der Waals surface area contributed by atoms with Crippen molar-refractivity contribution in [2.75, 3.05) is 20.1 Å². The van der Waals surface area contributed by atoms with Gasteiger partial charge in [0.1, 0.15) is 5.82 Å². The van der Waals surface area contributed by atoms with Crippen LogP contribution in [0.3, 0.4) is 0 Å². The quantitative estimate of drug-likeness (QED) is 0.716. The average molecular weight is 353 g/mol. The Morgan fingerprint density at radius 2 is 1.85 bits per heavy atom. The summed E-state index contributed by atoms with van der Waals surface area (Å²) in [5.74, 6) is -0.728. The minimum absolute atomic E-state index is 0.0260. The van der Waals surface area contributed by atoms with Gasteiger partial charge in [0.15, 0.2) is 0 Å². The van der Waals surface area contributed by atoms with E-state index >= 15 is 0 Å². The number of amides is 2. The Morgan fingerprint density at radius 1 is 1.12 bits per heavy atom. The molecule has 2 amide bonds. The monoisotopic (exact) mass is 353 g/mol.